The summed E-state index contributed by atoms with van der Waals surface area (Å²) in [7, 11) is -4.11. The molecule has 0 aliphatic heterocycles. The quantitative estimate of drug-likeness (QED) is 0.510. The van der Waals surface area contributed by atoms with E-state index in [9.17, 15) is 12.8 Å². The van der Waals surface area contributed by atoms with Crippen molar-refractivity contribution in [3.8, 4) is 6.07 Å². The highest BCUT2D eigenvalue weighted by Crippen LogP contribution is 2.53. The first-order valence-electron chi connectivity index (χ1n) is 4.80. The van der Waals surface area contributed by atoms with E-state index >= 15 is 0 Å². The molecule has 0 saturated heterocycles. The van der Waals surface area contributed by atoms with Crippen LogP contribution in [0.5, 0.6) is 0 Å². The van der Waals surface area contributed by atoms with E-state index in [0.717, 1.165) is 0 Å². The third kappa shape index (κ3) is 4.40. The first-order chi connectivity index (χ1) is 8.23. The van der Waals surface area contributed by atoms with Crippen molar-refractivity contribution in [2.24, 2.45) is 0 Å². The Kier molecular flexibility index (Phi) is 6.58. The summed E-state index contributed by atoms with van der Waals surface area (Å²) >= 11 is 21.7. The first kappa shape index (κ1) is 19.8. The molecular weight excluding hydrogens is 381 g/mol. The third-order valence-electron chi connectivity index (χ3n) is 1.99. The minimum absolute atomic E-state index is 0.108. The molecule has 0 radical (unpaired) electrons. The molecule has 0 bridgehead atoms. The largest absolute Gasteiger partial charge is 0.301 e. The van der Waals surface area contributed by atoms with Crippen molar-refractivity contribution in [3.63, 3.8) is 0 Å². The molecule has 0 rings (SSSR count). The number of nitriles is 1. The van der Waals surface area contributed by atoms with Gasteiger partial charge in [-0.25, -0.2) is 12.8 Å². The summed E-state index contributed by atoms with van der Waals surface area (Å²) in [4.78, 5) is 0. The molecule has 112 valence electrons. The number of nitrogens with zero attached hydrogens (tertiary/aromatic N) is 2. The number of rotatable bonds is 6. The summed E-state index contributed by atoms with van der Waals surface area (Å²) in [5.74, 6) is 0. The van der Waals surface area contributed by atoms with Crippen LogP contribution >= 0.6 is 58.4 Å². The minimum Gasteiger partial charge on any atom is -0.210 e. The fourth-order valence-electron chi connectivity index (χ4n) is 0.775. The first-order valence-corrected chi connectivity index (χ1v) is 8.52. The summed E-state index contributed by atoms with van der Waals surface area (Å²) in [5.41, 5.74) is 0. The van der Waals surface area contributed by atoms with Gasteiger partial charge in [0.2, 0.25) is 13.7 Å². The molecule has 0 unspecified atom stereocenters. The fraction of sp³-hybridized carbons (Fsp3) is 0.875. The standard InChI is InChI=1S/C8H11Cl4FN2O2S2/c1-4-15(18-8(11,12)7(9,10)13)19(16,17)6(2,3)5-14/h4H2,1-3H3. The van der Waals surface area contributed by atoms with Crippen LogP contribution in [0.15, 0.2) is 0 Å². The zero-order valence-electron chi connectivity index (χ0n) is 10.1. The molecule has 0 atom stereocenters. The predicted molar refractivity (Wildman–Crippen MR) is 78.6 cm³/mol. The van der Waals surface area contributed by atoms with E-state index in [2.05, 4.69) is 0 Å². The summed E-state index contributed by atoms with van der Waals surface area (Å²) in [6, 6.07) is 1.63. The number of hydrogen-bond acceptors (Lipinski definition) is 4. The molecule has 0 saturated carbocycles. The topological polar surface area (TPSA) is 61.2 Å². The van der Waals surface area contributed by atoms with Crippen LogP contribution in [0.25, 0.3) is 0 Å². The number of hydrogen-bond donors (Lipinski definition) is 0. The van der Waals surface area contributed by atoms with E-state index in [0.29, 0.717) is 3.71 Å². The van der Waals surface area contributed by atoms with Crippen molar-refractivity contribution in [1.29, 1.82) is 5.26 Å². The van der Waals surface area contributed by atoms with Gasteiger partial charge in [-0.3, -0.25) is 0 Å². The monoisotopic (exact) mass is 390 g/mol. The normalized spacial score (nSPS) is 14.5. The van der Waals surface area contributed by atoms with E-state index in [-0.39, 0.29) is 18.5 Å². The Labute approximate surface area is 136 Å². The smallest absolute Gasteiger partial charge is 0.210 e. The molecule has 11 heteroatoms. The lowest BCUT2D eigenvalue weighted by Crippen LogP contribution is -2.43. The molecule has 0 aromatic carbocycles. The zero-order chi connectivity index (χ0) is 15.7. The van der Waals surface area contributed by atoms with Gasteiger partial charge >= 0.3 is 4.59 Å². The van der Waals surface area contributed by atoms with Crippen LogP contribution in [0.3, 0.4) is 0 Å². The third-order valence-corrected chi connectivity index (χ3v) is 8.06. The highest BCUT2D eigenvalue weighted by atomic mass is 35.5. The van der Waals surface area contributed by atoms with Crippen molar-refractivity contribution in [2.75, 3.05) is 6.54 Å². The van der Waals surface area contributed by atoms with Gasteiger partial charge < -0.3 is 0 Å². The summed E-state index contributed by atoms with van der Waals surface area (Å²) in [6.07, 6.45) is 0. The Morgan fingerprint density at radius 3 is 2.00 bits per heavy atom. The Bertz CT molecular complexity index is 470. The average molecular weight is 392 g/mol. The van der Waals surface area contributed by atoms with Crippen molar-refractivity contribution >= 4 is 68.4 Å². The second-order valence-corrected chi connectivity index (χ2v) is 10.7. The lowest BCUT2D eigenvalue weighted by molar-refractivity contribution is 0.398. The van der Waals surface area contributed by atoms with Crippen LogP contribution < -0.4 is 0 Å². The molecule has 0 aliphatic rings. The Balaban J connectivity index is 5.47. The van der Waals surface area contributed by atoms with E-state index in [1.54, 1.807) is 6.07 Å². The summed E-state index contributed by atoms with van der Waals surface area (Å²) < 4.78 is 31.1. The van der Waals surface area contributed by atoms with E-state index in [1.807, 2.05) is 0 Å². The lowest BCUT2D eigenvalue weighted by atomic mass is 10.2. The molecule has 0 heterocycles. The highest BCUT2D eigenvalue weighted by molar-refractivity contribution is 8.11. The van der Waals surface area contributed by atoms with Gasteiger partial charge in [-0.1, -0.05) is 53.3 Å². The maximum atomic E-state index is 13.4. The maximum Gasteiger partial charge on any atom is 0.301 e. The van der Waals surface area contributed by atoms with Gasteiger partial charge in [-0.15, -0.1) is 3.71 Å². The van der Waals surface area contributed by atoms with Crippen LogP contribution in [0.1, 0.15) is 20.8 Å². The van der Waals surface area contributed by atoms with Crippen molar-refractivity contribution in [3.05, 3.63) is 0 Å². The Hall–Kier alpha value is 0.840. The van der Waals surface area contributed by atoms with Crippen molar-refractivity contribution < 1.29 is 12.8 Å². The molecule has 0 aromatic heterocycles. The van der Waals surface area contributed by atoms with Crippen LogP contribution in [0.4, 0.5) is 4.39 Å². The Morgan fingerprint density at radius 2 is 1.74 bits per heavy atom. The summed E-state index contributed by atoms with van der Waals surface area (Å²) in [6.45, 7) is 3.74. The van der Waals surface area contributed by atoms with E-state index in [1.165, 1.54) is 20.8 Å². The van der Waals surface area contributed by atoms with Gasteiger partial charge in [-0.2, -0.15) is 5.26 Å². The number of alkyl halides is 5. The van der Waals surface area contributed by atoms with Gasteiger partial charge in [0.15, 0.2) is 4.75 Å². The van der Waals surface area contributed by atoms with Gasteiger partial charge in [0.1, 0.15) is 0 Å². The van der Waals surface area contributed by atoms with Crippen LogP contribution in [0.2, 0.25) is 0 Å². The van der Waals surface area contributed by atoms with Crippen molar-refractivity contribution in [2.45, 2.75) is 33.8 Å². The van der Waals surface area contributed by atoms with Crippen molar-refractivity contribution in [1.82, 2.24) is 3.71 Å². The SMILES string of the molecule is CCN(SC(Cl)(Cl)C(F)(Cl)Cl)S(=O)(=O)C(C)(C)C#N. The van der Waals surface area contributed by atoms with Gasteiger partial charge in [0, 0.05) is 6.54 Å². The van der Waals surface area contributed by atoms with Crippen LogP contribution in [-0.4, -0.2) is 31.7 Å². The maximum absolute atomic E-state index is 13.4. The summed E-state index contributed by atoms with van der Waals surface area (Å²) in [5, 5.41) is 8.87. The fourth-order valence-corrected chi connectivity index (χ4v) is 4.47. The zero-order valence-corrected chi connectivity index (χ0v) is 14.8. The molecule has 4 nitrogen and oxygen atoms in total. The minimum atomic E-state index is -4.11. The second-order valence-electron chi connectivity index (χ2n) is 3.85. The molecule has 0 spiro atoms. The van der Waals surface area contributed by atoms with Crippen LogP contribution in [0, 0.1) is 11.3 Å². The van der Waals surface area contributed by atoms with E-state index in [4.69, 9.17) is 51.7 Å². The number of halogens is 5. The number of sulfonamides is 1. The molecule has 0 aromatic rings. The Morgan fingerprint density at radius 1 is 1.32 bits per heavy atom. The lowest BCUT2D eigenvalue weighted by Gasteiger charge is -2.32. The molecule has 0 N–H and O–H groups in total. The average Bonchev–Trinajstić information content (AvgIpc) is 2.23. The molecule has 19 heavy (non-hydrogen) atoms. The predicted octanol–water partition coefficient (Wildman–Crippen LogP) is 3.82. The van der Waals surface area contributed by atoms with Gasteiger partial charge in [-0.05, 0) is 25.8 Å². The molecular formula is C8H11Cl4FN2O2S2. The van der Waals surface area contributed by atoms with Gasteiger partial charge in [0.25, 0.3) is 0 Å². The van der Waals surface area contributed by atoms with E-state index < -0.39 is 23.0 Å². The second kappa shape index (κ2) is 6.30. The molecule has 0 fully saturated rings. The van der Waals surface area contributed by atoms with Gasteiger partial charge in [0.05, 0.1) is 6.07 Å². The molecule has 0 amide bonds. The van der Waals surface area contributed by atoms with Crippen LogP contribution in [-0.2, 0) is 10.0 Å². The molecule has 0 aliphatic carbocycles. The highest BCUT2D eigenvalue weighted by Gasteiger charge is 2.53.